The molecule has 0 atom stereocenters. The van der Waals surface area contributed by atoms with Crippen LogP contribution in [0.5, 0.6) is 0 Å². The SMILES string of the molecule is Cc1ccc(N(C)C(=O)c2ccc(C)c(S(=O)(=O)N3CCCCC3)c2)cc1. The zero-order valence-corrected chi connectivity index (χ0v) is 16.9. The third-order valence-corrected chi connectivity index (χ3v) is 7.13. The maximum absolute atomic E-state index is 13.1. The Bertz CT molecular complexity index is 930. The number of sulfonamides is 1. The van der Waals surface area contributed by atoms with Gasteiger partial charge in [0.15, 0.2) is 0 Å². The van der Waals surface area contributed by atoms with Crippen molar-refractivity contribution in [3.8, 4) is 0 Å². The smallest absolute Gasteiger partial charge is 0.258 e. The average molecular weight is 387 g/mol. The number of anilines is 1. The van der Waals surface area contributed by atoms with Crippen LogP contribution in [0.1, 0.15) is 40.7 Å². The lowest BCUT2D eigenvalue weighted by Gasteiger charge is -2.27. The number of rotatable bonds is 4. The molecular weight excluding hydrogens is 360 g/mol. The van der Waals surface area contributed by atoms with Crippen LogP contribution in [0.15, 0.2) is 47.4 Å². The molecule has 5 nitrogen and oxygen atoms in total. The molecule has 1 heterocycles. The molecule has 0 unspecified atom stereocenters. The van der Waals surface area contributed by atoms with E-state index in [2.05, 4.69) is 0 Å². The molecule has 1 aliphatic rings. The topological polar surface area (TPSA) is 57.7 Å². The standard InChI is InChI=1S/C21H26N2O3S/c1-16-7-11-19(12-8-16)22(3)21(24)18-10-9-17(2)20(15-18)27(25,26)23-13-5-4-6-14-23/h7-12,15H,4-6,13-14H2,1-3H3. The van der Waals surface area contributed by atoms with E-state index in [0.29, 0.717) is 24.2 Å². The Labute approximate surface area is 161 Å². The van der Waals surface area contributed by atoms with Gasteiger partial charge in [0.05, 0.1) is 4.90 Å². The molecule has 2 aromatic rings. The Morgan fingerprint density at radius 3 is 2.22 bits per heavy atom. The molecule has 0 radical (unpaired) electrons. The lowest BCUT2D eigenvalue weighted by atomic mass is 10.1. The molecule has 3 rings (SSSR count). The van der Waals surface area contributed by atoms with Crippen LogP contribution < -0.4 is 4.90 Å². The van der Waals surface area contributed by atoms with Crippen molar-refractivity contribution in [2.24, 2.45) is 0 Å². The Morgan fingerprint density at radius 2 is 1.59 bits per heavy atom. The number of nitrogens with zero attached hydrogens (tertiary/aromatic N) is 2. The molecule has 0 aromatic heterocycles. The second-order valence-corrected chi connectivity index (χ2v) is 9.05. The summed E-state index contributed by atoms with van der Waals surface area (Å²) in [6.45, 7) is 4.85. The molecule has 0 saturated carbocycles. The van der Waals surface area contributed by atoms with Crippen molar-refractivity contribution in [1.29, 1.82) is 0 Å². The summed E-state index contributed by atoms with van der Waals surface area (Å²) in [5.74, 6) is -0.228. The van der Waals surface area contributed by atoms with Gasteiger partial charge in [0, 0.05) is 31.4 Å². The molecule has 0 N–H and O–H groups in total. The summed E-state index contributed by atoms with van der Waals surface area (Å²) in [6, 6.07) is 12.6. The highest BCUT2D eigenvalue weighted by Crippen LogP contribution is 2.25. The highest BCUT2D eigenvalue weighted by molar-refractivity contribution is 7.89. The quantitative estimate of drug-likeness (QED) is 0.804. The fraction of sp³-hybridized carbons (Fsp3) is 0.381. The number of piperidine rings is 1. The van der Waals surface area contributed by atoms with Crippen molar-refractivity contribution in [1.82, 2.24) is 4.31 Å². The number of carbonyl (C=O) groups is 1. The zero-order valence-electron chi connectivity index (χ0n) is 16.1. The molecule has 144 valence electrons. The summed E-state index contributed by atoms with van der Waals surface area (Å²) in [7, 11) is -1.88. The van der Waals surface area contributed by atoms with Gasteiger partial charge in [-0.25, -0.2) is 8.42 Å². The fourth-order valence-corrected chi connectivity index (χ4v) is 5.10. The van der Waals surface area contributed by atoms with Crippen molar-refractivity contribution >= 4 is 21.6 Å². The van der Waals surface area contributed by atoms with E-state index >= 15 is 0 Å². The van der Waals surface area contributed by atoms with E-state index in [9.17, 15) is 13.2 Å². The summed E-state index contributed by atoms with van der Waals surface area (Å²) in [6.07, 6.45) is 2.82. The van der Waals surface area contributed by atoms with E-state index < -0.39 is 10.0 Å². The van der Waals surface area contributed by atoms with Crippen molar-refractivity contribution in [2.45, 2.75) is 38.0 Å². The first-order valence-electron chi connectivity index (χ1n) is 9.26. The van der Waals surface area contributed by atoms with Crippen molar-refractivity contribution in [3.63, 3.8) is 0 Å². The molecule has 0 spiro atoms. The molecule has 1 fully saturated rings. The van der Waals surface area contributed by atoms with Gasteiger partial charge in [0.2, 0.25) is 10.0 Å². The first-order valence-corrected chi connectivity index (χ1v) is 10.7. The number of benzene rings is 2. The molecule has 0 bridgehead atoms. The minimum absolute atomic E-state index is 0.228. The lowest BCUT2D eigenvalue weighted by molar-refractivity contribution is 0.0993. The second kappa shape index (κ2) is 7.82. The Morgan fingerprint density at radius 1 is 0.963 bits per heavy atom. The number of hydrogen-bond acceptors (Lipinski definition) is 3. The van der Waals surface area contributed by atoms with Gasteiger partial charge >= 0.3 is 0 Å². The normalized spacial score (nSPS) is 15.5. The van der Waals surface area contributed by atoms with Gasteiger partial charge in [0.1, 0.15) is 0 Å². The van der Waals surface area contributed by atoms with Crippen molar-refractivity contribution in [3.05, 3.63) is 59.2 Å². The van der Waals surface area contributed by atoms with Gasteiger partial charge in [0.25, 0.3) is 5.91 Å². The van der Waals surface area contributed by atoms with E-state index in [0.717, 1.165) is 30.5 Å². The Kier molecular flexibility index (Phi) is 5.67. The summed E-state index contributed by atoms with van der Waals surface area (Å²) in [5.41, 5.74) is 2.92. The highest BCUT2D eigenvalue weighted by Gasteiger charge is 2.28. The van der Waals surface area contributed by atoms with Crippen LogP contribution in [0.3, 0.4) is 0 Å². The van der Waals surface area contributed by atoms with Crippen LogP contribution in [-0.2, 0) is 10.0 Å². The molecule has 0 aliphatic carbocycles. The van der Waals surface area contributed by atoms with Crippen LogP contribution in [0, 0.1) is 13.8 Å². The predicted molar refractivity (Wildman–Crippen MR) is 108 cm³/mol. The summed E-state index contributed by atoms with van der Waals surface area (Å²) < 4.78 is 27.7. The summed E-state index contributed by atoms with van der Waals surface area (Å²) >= 11 is 0. The minimum atomic E-state index is -3.58. The van der Waals surface area contributed by atoms with E-state index in [-0.39, 0.29) is 10.8 Å². The van der Waals surface area contributed by atoms with Gasteiger partial charge in [-0.05, 0) is 56.5 Å². The molecule has 6 heteroatoms. The molecule has 2 aromatic carbocycles. The van der Waals surface area contributed by atoms with Gasteiger partial charge in [-0.15, -0.1) is 0 Å². The summed E-state index contributed by atoms with van der Waals surface area (Å²) in [4.78, 5) is 14.7. The summed E-state index contributed by atoms with van der Waals surface area (Å²) in [5, 5.41) is 0. The predicted octanol–water partition coefficient (Wildman–Crippen LogP) is 3.75. The molecule has 1 saturated heterocycles. The van der Waals surface area contributed by atoms with Crippen LogP contribution in [-0.4, -0.2) is 38.8 Å². The van der Waals surface area contributed by atoms with E-state index in [4.69, 9.17) is 0 Å². The molecule has 1 aliphatic heterocycles. The number of hydrogen-bond donors (Lipinski definition) is 0. The average Bonchev–Trinajstić information content (AvgIpc) is 2.68. The molecule has 1 amide bonds. The fourth-order valence-electron chi connectivity index (χ4n) is 3.33. The highest BCUT2D eigenvalue weighted by atomic mass is 32.2. The van der Waals surface area contributed by atoms with Crippen molar-refractivity contribution < 1.29 is 13.2 Å². The van der Waals surface area contributed by atoms with Gasteiger partial charge < -0.3 is 4.90 Å². The van der Waals surface area contributed by atoms with E-state index in [1.807, 2.05) is 31.2 Å². The Balaban J connectivity index is 1.92. The van der Waals surface area contributed by atoms with Crippen LogP contribution in [0.2, 0.25) is 0 Å². The number of carbonyl (C=O) groups excluding carboxylic acids is 1. The monoisotopic (exact) mass is 386 g/mol. The Hall–Kier alpha value is -2.18. The number of amides is 1. The van der Waals surface area contributed by atoms with Gasteiger partial charge in [-0.3, -0.25) is 4.79 Å². The zero-order chi connectivity index (χ0) is 19.6. The molecular formula is C21H26N2O3S. The second-order valence-electron chi connectivity index (χ2n) is 7.14. The van der Waals surface area contributed by atoms with Crippen LogP contribution in [0.25, 0.3) is 0 Å². The third kappa shape index (κ3) is 4.06. The van der Waals surface area contributed by atoms with Crippen LogP contribution in [0.4, 0.5) is 5.69 Å². The largest absolute Gasteiger partial charge is 0.311 e. The van der Waals surface area contributed by atoms with E-state index in [1.54, 1.807) is 31.0 Å². The lowest BCUT2D eigenvalue weighted by Crippen LogP contribution is -2.36. The maximum Gasteiger partial charge on any atom is 0.258 e. The van der Waals surface area contributed by atoms with Crippen LogP contribution >= 0.6 is 0 Å². The van der Waals surface area contributed by atoms with Crippen molar-refractivity contribution in [2.75, 3.05) is 25.0 Å². The maximum atomic E-state index is 13.1. The number of aryl methyl sites for hydroxylation is 2. The third-order valence-electron chi connectivity index (χ3n) is 5.09. The molecule has 27 heavy (non-hydrogen) atoms. The first-order chi connectivity index (χ1) is 12.8. The first kappa shape index (κ1) is 19.6. The van der Waals surface area contributed by atoms with Gasteiger partial charge in [-0.2, -0.15) is 4.31 Å². The van der Waals surface area contributed by atoms with Gasteiger partial charge in [-0.1, -0.05) is 30.2 Å². The van der Waals surface area contributed by atoms with E-state index in [1.165, 1.54) is 10.4 Å². The minimum Gasteiger partial charge on any atom is -0.311 e.